The van der Waals surface area contributed by atoms with Crippen LogP contribution >= 0.6 is 0 Å². The average molecular weight is 369 g/mol. The molecule has 3 heterocycles. The Kier molecular flexibility index (Phi) is 4.42. The van der Waals surface area contributed by atoms with E-state index in [-0.39, 0.29) is 17.7 Å². The zero-order chi connectivity index (χ0) is 19.2. The zero-order valence-corrected chi connectivity index (χ0v) is 16.2. The molecule has 0 aromatic carbocycles. The minimum Gasteiger partial charge on any atom is -0.342 e. The number of imidazole rings is 1. The van der Waals surface area contributed by atoms with Crippen LogP contribution in [0.3, 0.4) is 0 Å². The highest BCUT2D eigenvalue weighted by Gasteiger charge is 2.41. The van der Waals surface area contributed by atoms with Gasteiger partial charge in [0.25, 0.3) is 0 Å². The molecule has 2 N–H and O–H groups in total. The van der Waals surface area contributed by atoms with E-state index in [0.29, 0.717) is 13.1 Å². The zero-order valence-electron chi connectivity index (χ0n) is 16.2. The van der Waals surface area contributed by atoms with Gasteiger partial charge in [0.2, 0.25) is 11.8 Å². The third-order valence-corrected chi connectivity index (χ3v) is 5.53. The van der Waals surface area contributed by atoms with Crippen molar-refractivity contribution in [2.75, 3.05) is 19.6 Å². The van der Waals surface area contributed by atoms with Gasteiger partial charge in [-0.2, -0.15) is 0 Å². The van der Waals surface area contributed by atoms with Gasteiger partial charge >= 0.3 is 0 Å². The second-order valence-electron chi connectivity index (χ2n) is 8.17. The van der Waals surface area contributed by atoms with Crippen molar-refractivity contribution in [3.05, 3.63) is 35.9 Å². The molecule has 1 saturated heterocycles. The van der Waals surface area contributed by atoms with Crippen molar-refractivity contribution in [2.24, 2.45) is 5.92 Å². The number of aromatic nitrogens is 2. The van der Waals surface area contributed by atoms with Crippen molar-refractivity contribution >= 4 is 17.3 Å². The molecular formula is C20H27N5O2. The maximum absolute atomic E-state index is 13.1. The minimum atomic E-state index is -0.664. The fourth-order valence-corrected chi connectivity index (χ4v) is 3.84. The summed E-state index contributed by atoms with van der Waals surface area (Å²) in [5, 5.41) is 6.37. The summed E-state index contributed by atoms with van der Waals surface area (Å²) in [4.78, 5) is 32.0. The van der Waals surface area contributed by atoms with E-state index < -0.39 is 11.6 Å². The lowest BCUT2D eigenvalue weighted by molar-refractivity contribution is -0.143. The third-order valence-electron chi connectivity index (χ3n) is 5.53. The SMILES string of the molecule is Cc1cccn2c(C(C)(C)NC(=O)C3CNCCN3C(=O)C3CC3)ncc12. The number of pyridine rings is 1. The van der Waals surface area contributed by atoms with E-state index in [1.54, 1.807) is 4.90 Å². The maximum atomic E-state index is 13.1. The number of rotatable bonds is 4. The summed E-state index contributed by atoms with van der Waals surface area (Å²) in [6.07, 6.45) is 5.69. The van der Waals surface area contributed by atoms with Crippen LogP contribution in [-0.2, 0) is 15.1 Å². The minimum absolute atomic E-state index is 0.116. The maximum Gasteiger partial charge on any atom is 0.244 e. The molecule has 1 aliphatic carbocycles. The number of hydrogen-bond acceptors (Lipinski definition) is 4. The van der Waals surface area contributed by atoms with E-state index in [4.69, 9.17) is 0 Å². The Morgan fingerprint density at radius 2 is 2.11 bits per heavy atom. The highest BCUT2D eigenvalue weighted by molar-refractivity contribution is 5.90. The molecule has 0 radical (unpaired) electrons. The van der Waals surface area contributed by atoms with Crippen LogP contribution < -0.4 is 10.6 Å². The fraction of sp³-hybridized carbons (Fsp3) is 0.550. The van der Waals surface area contributed by atoms with E-state index in [9.17, 15) is 9.59 Å². The smallest absolute Gasteiger partial charge is 0.244 e. The van der Waals surface area contributed by atoms with Crippen LogP contribution in [0.25, 0.3) is 5.52 Å². The number of aryl methyl sites for hydroxylation is 1. The predicted octanol–water partition coefficient (Wildman–Crippen LogP) is 1.20. The monoisotopic (exact) mass is 369 g/mol. The summed E-state index contributed by atoms with van der Waals surface area (Å²) < 4.78 is 2.02. The van der Waals surface area contributed by atoms with Crippen molar-refractivity contribution in [1.29, 1.82) is 0 Å². The second kappa shape index (κ2) is 6.64. The molecule has 2 aromatic heterocycles. The molecule has 2 amide bonds. The van der Waals surface area contributed by atoms with Gasteiger partial charge in [0.15, 0.2) is 0 Å². The molecule has 1 unspecified atom stereocenters. The van der Waals surface area contributed by atoms with Crippen LogP contribution in [-0.4, -0.2) is 51.8 Å². The molecule has 1 saturated carbocycles. The quantitative estimate of drug-likeness (QED) is 0.849. The molecule has 1 atom stereocenters. The van der Waals surface area contributed by atoms with Gasteiger partial charge in [0, 0.05) is 31.7 Å². The van der Waals surface area contributed by atoms with E-state index in [1.807, 2.05) is 49.7 Å². The Morgan fingerprint density at radius 1 is 1.33 bits per heavy atom. The number of fused-ring (bicyclic) bond motifs is 1. The van der Waals surface area contributed by atoms with Crippen LogP contribution in [0.2, 0.25) is 0 Å². The lowest BCUT2D eigenvalue weighted by atomic mass is 10.0. The molecular weight excluding hydrogens is 342 g/mol. The predicted molar refractivity (Wildman–Crippen MR) is 102 cm³/mol. The summed E-state index contributed by atoms with van der Waals surface area (Å²) >= 11 is 0. The molecule has 2 aliphatic rings. The number of nitrogens with one attached hydrogen (secondary N) is 2. The summed E-state index contributed by atoms with van der Waals surface area (Å²) in [5.41, 5.74) is 1.50. The topological polar surface area (TPSA) is 78.7 Å². The molecule has 2 fully saturated rings. The first kappa shape index (κ1) is 18.0. The van der Waals surface area contributed by atoms with Crippen molar-refractivity contribution in [2.45, 2.75) is 45.2 Å². The van der Waals surface area contributed by atoms with Gasteiger partial charge in [0.05, 0.1) is 17.3 Å². The van der Waals surface area contributed by atoms with Gasteiger partial charge in [-0.15, -0.1) is 0 Å². The number of carbonyl (C=O) groups is 2. The highest BCUT2D eigenvalue weighted by Crippen LogP contribution is 2.32. The normalized spacial score (nSPS) is 20.7. The molecule has 144 valence electrons. The van der Waals surface area contributed by atoms with Gasteiger partial charge in [-0.05, 0) is 45.2 Å². The van der Waals surface area contributed by atoms with Gasteiger partial charge in [-0.25, -0.2) is 4.98 Å². The first-order chi connectivity index (χ1) is 12.9. The number of hydrogen-bond donors (Lipinski definition) is 2. The van der Waals surface area contributed by atoms with Gasteiger partial charge in [0.1, 0.15) is 11.9 Å². The van der Waals surface area contributed by atoms with Crippen LogP contribution in [0.4, 0.5) is 0 Å². The van der Waals surface area contributed by atoms with Crippen molar-refractivity contribution in [3.63, 3.8) is 0 Å². The second-order valence-corrected chi connectivity index (χ2v) is 8.17. The number of amides is 2. The number of nitrogens with zero attached hydrogens (tertiary/aromatic N) is 3. The Labute approximate surface area is 159 Å². The van der Waals surface area contributed by atoms with Crippen molar-refractivity contribution in [3.8, 4) is 0 Å². The Morgan fingerprint density at radius 3 is 2.85 bits per heavy atom. The molecule has 4 rings (SSSR count). The number of carbonyl (C=O) groups excluding carboxylic acids is 2. The Balaban J connectivity index is 1.56. The molecule has 7 nitrogen and oxygen atoms in total. The Bertz CT molecular complexity index is 884. The lowest BCUT2D eigenvalue weighted by Gasteiger charge is -2.37. The molecule has 0 spiro atoms. The van der Waals surface area contributed by atoms with Crippen LogP contribution in [0.1, 0.15) is 38.1 Å². The van der Waals surface area contributed by atoms with Gasteiger partial charge in [-0.3, -0.25) is 9.59 Å². The molecule has 7 heteroatoms. The van der Waals surface area contributed by atoms with Crippen molar-refractivity contribution < 1.29 is 9.59 Å². The molecule has 0 bridgehead atoms. The number of piperazine rings is 1. The lowest BCUT2D eigenvalue weighted by Crippen LogP contribution is -2.61. The first-order valence-electron chi connectivity index (χ1n) is 9.65. The summed E-state index contributed by atoms with van der Waals surface area (Å²) in [6, 6.07) is 3.55. The van der Waals surface area contributed by atoms with E-state index >= 15 is 0 Å². The van der Waals surface area contributed by atoms with E-state index in [1.165, 1.54) is 0 Å². The largest absolute Gasteiger partial charge is 0.342 e. The molecule has 27 heavy (non-hydrogen) atoms. The van der Waals surface area contributed by atoms with Crippen molar-refractivity contribution in [1.82, 2.24) is 24.9 Å². The summed E-state index contributed by atoms with van der Waals surface area (Å²) in [6.45, 7) is 7.75. The van der Waals surface area contributed by atoms with Gasteiger partial charge in [-0.1, -0.05) is 6.07 Å². The van der Waals surface area contributed by atoms with E-state index in [2.05, 4.69) is 15.6 Å². The standard InChI is InChI=1S/C20H27N5O2/c1-13-5-4-9-25-15(13)12-22-19(25)20(2,3)23-17(26)16-11-21-8-10-24(16)18(27)14-6-7-14/h4-5,9,12,14,16,21H,6-8,10-11H2,1-3H3,(H,23,26). The molecule has 1 aliphatic heterocycles. The van der Waals surface area contributed by atoms with Gasteiger partial charge < -0.3 is 19.9 Å². The van der Waals surface area contributed by atoms with Crippen LogP contribution in [0, 0.1) is 12.8 Å². The molecule has 2 aromatic rings. The first-order valence-corrected chi connectivity index (χ1v) is 9.65. The summed E-state index contributed by atoms with van der Waals surface area (Å²) in [5.74, 6) is 0.881. The fourth-order valence-electron chi connectivity index (χ4n) is 3.84. The van der Waals surface area contributed by atoms with Crippen LogP contribution in [0.15, 0.2) is 24.5 Å². The average Bonchev–Trinajstić information content (AvgIpc) is 3.39. The summed E-state index contributed by atoms with van der Waals surface area (Å²) in [7, 11) is 0. The highest BCUT2D eigenvalue weighted by atomic mass is 16.2. The van der Waals surface area contributed by atoms with Crippen LogP contribution in [0.5, 0.6) is 0 Å². The van der Waals surface area contributed by atoms with E-state index in [0.717, 1.165) is 36.3 Å². The third kappa shape index (κ3) is 3.32. The Hall–Kier alpha value is -2.41.